The van der Waals surface area contributed by atoms with Crippen LogP contribution in [0.1, 0.15) is 12.8 Å². The minimum atomic E-state index is -3.53. The Kier molecular flexibility index (Phi) is 3.97. The number of carbonyl (C=O) groups is 1. The summed E-state index contributed by atoms with van der Waals surface area (Å²) in [4.78, 5) is 11.5. The molecule has 2 rings (SSSR count). The first kappa shape index (κ1) is 12.7. The summed E-state index contributed by atoms with van der Waals surface area (Å²) in [7, 11) is -3.53. The molecule has 1 atom stereocenters. The fourth-order valence-corrected chi connectivity index (χ4v) is 3.42. The van der Waals surface area contributed by atoms with E-state index in [1.807, 2.05) is 0 Å². The predicted octanol–water partition coefficient (Wildman–Crippen LogP) is -2.00. The highest BCUT2D eigenvalue weighted by Crippen LogP contribution is 2.07. The van der Waals surface area contributed by atoms with Crippen LogP contribution in [0.3, 0.4) is 0 Å². The third kappa shape index (κ3) is 3.15. The highest BCUT2D eigenvalue weighted by molar-refractivity contribution is 7.87. The second-order valence-electron chi connectivity index (χ2n) is 4.26. The number of carbonyl (C=O) groups excluding carboxylic acids is 1. The van der Waals surface area contributed by atoms with Gasteiger partial charge in [-0.05, 0) is 12.8 Å². The molecule has 0 spiro atoms. The van der Waals surface area contributed by atoms with Crippen molar-refractivity contribution in [2.75, 3.05) is 32.7 Å². The number of piperazine rings is 1. The van der Waals surface area contributed by atoms with Crippen LogP contribution >= 0.6 is 0 Å². The molecule has 3 N–H and O–H groups in total. The van der Waals surface area contributed by atoms with Crippen molar-refractivity contribution in [3.05, 3.63) is 0 Å². The Morgan fingerprint density at radius 2 is 1.94 bits per heavy atom. The summed E-state index contributed by atoms with van der Waals surface area (Å²) in [6, 6.07) is -0.622. The van der Waals surface area contributed by atoms with E-state index in [0.717, 1.165) is 6.42 Å². The summed E-state index contributed by atoms with van der Waals surface area (Å²) in [6.45, 7) is 2.83. The van der Waals surface area contributed by atoms with Crippen molar-refractivity contribution in [3.63, 3.8) is 0 Å². The molecule has 2 aliphatic heterocycles. The van der Waals surface area contributed by atoms with Crippen molar-refractivity contribution in [1.29, 1.82) is 0 Å². The molecule has 0 aromatic heterocycles. The first-order chi connectivity index (χ1) is 8.09. The van der Waals surface area contributed by atoms with Gasteiger partial charge in [-0.25, -0.2) is 0 Å². The Morgan fingerprint density at radius 3 is 2.59 bits per heavy atom. The lowest BCUT2D eigenvalue weighted by atomic mass is 10.1. The first-order valence-electron chi connectivity index (χ1n) is 5.85. The molecular formula is C9H18N4O3S. The summed E-state index contributed by atoms with van der Waals surface area (Å²) in [6.07, 6.45) is 1.37. The van der Waals surface area contributed by atoms with Gasteiger partial charge in [0.2, 0.25) is 5.91 Å². The van der Waals surface area contributed by atoms with Crippen LogP contribution in [0.4, 0.5) is 0 Å². The van der Waals surface area contributed by atoms with Crippen LogP contribution in [-0.4, -0.2) is 57.4 Å². The molecule has 0 aliphatic carbocycles. The zero-order valence-corrected chi connectivity index (χ0v) is 10.4. The molecule has 2 aliphatic rings. The lowest BCUT2D eigenvalue weighted by Gasteiger charge is -2.29. The van der Waals surface area contributed by atoms with Crippen molar-refractivity contribution in [2.24, 2.45) is 0 Å². The summed E-state index contributed by atoms with van der Waals surface area (Å²) in [5.41, 5.74) is 0. The molecule has 17 heavy (non-hydrogen) atoms. The van der Waals surface area contributed by atoms with Gasteiger partial charge in [-0.1, -0.05) is 0 Å². The number of hydrogen-bond donors (Lipinski definition) is 3. The van der Waals surface area contributed by atoms with Gasteiger partial charge < -0.3 is 10.6 Å². The predicted molar refractivity (Wildman–Crippen MR) is 62.5 cm³/mol. The Bertz CT molecular complexity index is 378. The smallest absolute Gasteiger partial charge is 0.280 e. The van der Waals surface area contributed by atoms with Gasteiger partial charge in [-0.2, -0.15) is 17.4 Å². The van der Waals surface area contributed by atoms with Crippen LogP contribution in [0.2, 0.25) is 0 Å². The highest BCUT2D eigenvalue weighted by atomic mass is 32.2. The maximum absolute atomic E-state index is 12.0. The topological polar surface area (TPSA) is 90.5 Å². The van der Waals surface area contributed by atoms with E-state index in [1.54, 1.807) is 0 Å². The molecule has 0 saturated carbocycles. The molecule has 1 unspecified atom stereocenters. The van der Waals surface area contributed by atoms with Crippen LogP contribution in [0.25, 0.3) is 0 Å². The number of amides is 1. The lowest BCUT2D eigenvalue weighted by molar-refractivity contribution is -0.124. The fourth-order valence-electron chi connectivity index (χ4n) is 2.02. The zero-order valence-electron chi connectivity index (χ0n) is 9.61. The molecule has 1 amide bonds. The van der Waals surface area contributed by atoms with E-state index in [-0.39, 0.29) is 5.91 Å². The maximum atomic E-state index is 12.0. The third-order valence-corrected chi connectivity index (χ3v) is 4.62. The van der Waals surface area contributed by atoms with E-state index in [0.29, 0.717) is 39.1 Å². The number of rotatable bonds is 3. The Hall–Kier alpha value is -0.700. The van der Waals surface area contributed by atoms with E-state index < -0.39 is 16.3 Å². The molecule has 0 bridgehead atoms. The summed E-state index contributed by atoms with van der Waals surface area (Å²) >= 11 is 0. The number of nitrogens with zero attached hydrogens (tertiary/aromatic N) is 1. The first-order valence-corrected chi connectivity index (χ1v) is 7.29. The average Bonchev–Trinajstić information content (AvgIpc) is 2.33. The summed E-state index contributed by atoms with van der Waals surface area (Å²) in [5.74, 6) is -0.227. The molecule has 0 aromatic carbocycles. The summed E-state index contributed by atoms with van der Waals surface area (Å²) < 4.78 is 27.9. The van der Waals surface area contributed by atoms with Gasteiger partial charge in [-0.15, -0.1) is 0 Å². The van der Waals surface area contributed by atoms with Crippen molar-refractivity contribution < 1.29 is 13.2 Å². The molecule has 0 aromatic rings. The van der Waals surface area contributed by atoms with Gasteiger partial charge in [0, 0.05) is 32.7 Å². The fraction of sp³-hybridized carbons (Fsp3) is 0.889. The minimum absolute atomic E-state index is 0.227. The molecule has 2 saturated heterocycles. The van der Waals surface area contributed by atoms with Gasteiger partial charge >= 0.3 is 0 Å². The van der Waals surface area contributed by atoms with Gasteiger partial charge in [-0.3, -0.25) is 4.79 Å². The zero-order chi connectivity index (χ0) is 12.3. The number of hydrogen-bond acceptors (Lipinski definition) is 4. The standard InChI is InChI=1S/C9H18N4O3S/c14-9-8(2-1-3-11-9)12-17(15,16)13-6-4-10-5-7-13/h8,10,12H,1-7H2,(H,11,14). The largest absolute Gasteiger partial charge is 0.355 e. The molecular weight excluding hydrogens is 244 g/mol. The van der Waals surface area contributed by atoms with Crippen LogP contribution in [0, 0.1) is 0 Å². The molecule has 2 heterocycles. The number of piperidine rings is 1. The van der Waals surface area contributed by atoms with Crippen LogP contribution < -0.4 is 15.4 Å². The van der Waals surface area contributed by atoms with Crippen molar-refractivity contribution in [1.82, 2.24) is 19.7 Å². The van der Waals surface area contributed by atoms with Crippen molar-refractivity contribution >= 4 is 16.1 Å². The molecule has 2 fully saturated rings. The van der Waals surface area contributed by atoms with Crippen molar-refractivity contribution in [3.8, 4) is 0 Å². The van der Waals surface area contributed by atoms with Crippen molar-refractivity contribution in [2.45, 2.75) is 18.9 Å². The Morgan fingerprint density at radius 1 is 1.24 bits per heavy atom. The van der Waals surface area contributed by atoms with Crippen LogP contribution in [0.15, 0.2) is 0 Å². The van der Waals surface area contributed by atoms with E-state index >= 15 is 0 Å². The Labute approximate surface area is 101 Å². The van der Waals surface area contributed by atoms with Gasteiger partial charge in [0.1, 0.15) is 6.04 Å². The van der Waals surface area contributed by atoms with E-state index in [9.17, 15) is 13.2 Å². The monoisotopic (exact) mass is 262 g/mol. The minimum Gasteiger partial charge on any atom is -0.355 e. The van der Waals surface area contributed by atoms with E-state index in [2.05, 4.69) is 15.4 Å². The quantitative estimate of drug-likeness (QED) is 0.549. The van der Waals surface area contributed by atoms with Crippen LogP contribution in [0.5, 0.6) is 0 Å². The second-order valence-corrected chi connectivity index (χ2v) is 5.96. The van der Waals surface area contributed by atoms with Gasteiger partial charge in [0.15, 0.2) is 0 Å². The lowest BCUT2D eigenvalue weighted by Crippen LogP contribution is -2.56. The Balaban J connectivity index is 1.98. The van der Waals surface area contributed by atoms with Gasteiger partial charge in [0.25, 0.3) is 10.2 Å². The highest BCUT2D eigenvalue weighted by Gasteiger charge is 2.30. The summed E-state index contributed by atoms with van der Waals surface area (Å²) in [5, 5.41) is 5.75. The van der Waals surface area contributed by atoms with Crippen LogP contribution in [-0.2, 0) is 15.0 Å². The SMILES string of the molecule is O=C1NCCCC1NS(=O)(=O)N1CCNCC1. The van der Waals surface area contributed by atoms with E-state index in [4.69, 9.17) is 0 Å². The number of nitrogens with one attached hydrogen (secondary N) is 3. The molecule has 0 radical (unpaired) electrons. The molecule has 8 heteroatoms. The van der Waals surface area contributed by atoms with E-state index in [1.165, 1.54) is 4.31 Å². The van der Waals surface area contributed by atoms with Gasteiger partial charge in [0.05, 0.1) is 0 Å². The normalized spacial score (nSPS) is 27.8. The molecule has 7 nitrogen and oxygen atoms in total. The maximum Gasteiger partial charge on any atom is 0.280 e. The third-order valence-electron chi connectivity index (χ3n) is 2.99. The average molecular weight is 262 g/mol. The second kappa shape index (κ2) is 5.30. The molecule has 98 valence electrons.